The number of aromatic nitrogens is 4. The van der Waals surface area contributed by atoms with Gasteiger partial charge in [0.25, 0.3) is 0 Å². The van der Waals surface area contributed by atoms with E-state index in [0.29, 0.717) is 0 Å². The number of para-hydroxylation sites is 1. The van der Waals surface area contributed by atoms with Gasteiger partial charge in [0.15, 0.2) is 0 Å². The van der Waals surface area contributed by atoms with Crippen LogP contribution < -0.4 is 0 Å². The van der Waals surface area contributed by atoms with Crippen LogP contribution in [0.15, 0.2) is 146 Å². The molecule has 0 radical (unpaired) electrons. The Hall–Kier alpha value is -5.74. The smallest absolute Gasteiger partial charge is 0.145 e. The second-order valence-electron chi connectivity index (χ2n) is 10.7. The lowest BCUT2D eigenvalue weighted by Crippen LogP contribution is -2.00. The number of hydrogen-bond donors (Lipinski definition) is 0. The van der Waals surface area contributed by atoms with Crippen LogP contribution in [-0.4, -0.2) is 19.1 Å². The van der Waals surface area contributed by atoms with Crippen molar-refractivity contribution in [3.05, 3.63) is 146 Å². The summed E-state index contributed by atoms with van der Waals surface area (Å²) in [6.45, 7) is 0. The van der Waals surface area contributed by atoms with Crippen LogP contribution in [0.1, 0.15) is 0 Å². The highest BCUT2D eigenvalue weighted by atomic mass is 15.1. The summed E-state index contributed by atoms with van der Waals surface area (Å²) in [6.07, 6.45) is 1.87. The molecule has 0 atom stereocenters. The number of nitrogens with zero attached hydrogens (tertiary/aromatic N) is 4. The Labute approximate surface area is 241 Å². The lowest BCUT2D eigenvalue weighted by atomic mass is 10.00. The predicted molar refractivity (Wildman–Crippen MR) is 174 cm³/mol. The van der Waals surface area contributed by atoms with Gasteiger partial charge in [0.05, 0.1) is 27.6 Å². The van der Waals surface area contributed by atoms with Gasteiger partial charge in [0.2, 0.25) is 0 Å². The molecule has 0 aliphatic carbocycles. The van der Waals surface area contributed by atoms with Crippen LogP contribution in [0.3, 0.4) is 0 Å². The molecule has 0 aliphatic heterocycles. The summed E-state index contributed by atoms with van der Waals surface area (Å²) in [6, 6.07) is 49.2. The Balaban J connectivity index is 1.35. The molecule has 4 nitrogen and oxygen atoms in total. The Morgan fingerprint density at radius 1 is 0.405 bits per heavy atom. The third kappa shape index (κ3) is 3.23. The van der Waals surface area contributed by atoms with E-state index in [4.69, 9.17) is 9.97 Å². The molecule has 0 saturated heterocycles. The van der Waals surface area contributed by atoms with Crippen molar-refractivity contribution in [2.75, 3.05) is 0 Å². The van der Waals surface area contributed by atoms with E-state index in [2.05, 4.69) is 143 Å². The molecule has 0 bridgehead atoms. The number of imidazole rings is 1. The Morgan fingerprint density at radius 3 is 1.74 bits per heavy atom. The summed E-state index contributed by atoms with van der Waals surface area (Å²) >= 11 is 0. The van der Waals surface area contributed by atoms with Gasteiger partial charge in [-0.05, 0) is 53.2 Å². The van der Waals surface area contributed by atoms with Crippen molar-refractivity contribution in [1.82, 2.24) is 19.1 Å². The lowest BCUT2D eigenvalue weighted by Gasteiger charge is -2.14. The van der Waals surface area contributed by atoms with Gasteiger partial charge in [-0.1, -0.05) is 97.1 Å². The maximum atomic E-state index is 5.34. The highest BCUT2D eigenvalue weighted by Crippen LogP contribution is 2.39. The first-order chi connectivity index (χ1) is 20.9. The summed E-state index contributed by atoms with van der Waals surface area (Å²) in [5, 5.41) is 5.97. The van der Waals surface area contributed by atoms with Gasteiger partial charge in [-0.2, -0.15) is 0 Å². The first kappa shape index (κ1) is 23.0. The Kier molecular flexibility index (Phi) is 4.87. The van der Waals surface area contributed by atoms with Crippen LogP contribution >= 0.6 is 0 Å². The van der Waals surface area contributed by atoms with Crippen LogP contribution in [0, 0.1) is 0 Å². The molecule has 4 heteroatoms. The molecule has 0 spiro atoms. The molecule has 9 rings (SSSR count). The normalized spacial score (nSPS) is 11.8. The predicted octanol–water partition coefficient (Wildman–Crippen LogP) is 9.49. The molecule has 0 aliphatic rings. The monoisotopic (exact) mass is 536 g/mol. The number of rotatable bonds is 3. The van der Waals surface area contributed by atoms with Crippen LogP contribution in [0.2, 0.25) is 0 Å². The molecular weight excluding hydrogens is 512 g/mol. The average molecular weight is 537 g/mol. The Bertz CT molecular complexity index is 2400. The molecule has 42 heavy (non-hydrogen) atoms. The summed E-state index contributed by atoms with van der Waals surface area (Å²) in [5.41, 5.74) is 8.65. The van der Waals surface area contributed by atoms with Gasteiger partial charge in [0, 0.05) is 39.3 Å². The van der Waals surface area contributed by atoms with Gasteiger partial charge in [0.1, 0.15) is 5.82 Å². The van der Waals surface area contributed by atoms with Crippen molar-refractivity contribution in [2.45, 2.75) is 0 Å². The molecule has 0 N–H and O–H groups in total. The fourth-order valence-corrected chi connectivity index (χ4v) is 6.55. The van der Waals surface area contributed by atoms with E-state index < -0.39 is 0 Å². The molecule has 9 aromatic rings. The van der Waals surface area contributed by atoms with E-state index in [0.717, 1.165) is 61.1 Å². The maximum Gasteiger partial charge on any atom is 0.145 e. The zero-order valence-electron chi connectivity index (χ0n) is 22.6. The second kappa shape index (κ2) is 8.88. The zero-order valence-corrected chi connectivity index (χ0v) is 22.6. The standard InChI is InChI=1S/C38H24N4/c1-2-11-25(12-3-1)38-40-36-30-15-6-4-13-28(30)29-14-5-7-16-31(29)37(36)42(38)27-22-20-26(21-23-27)41-33-18-9-8-17-32(33)35-34(41)19-10-24-39-35/h1-24H. The van der Waals surface area contributed by atoms with Crippen molar-refractivity contribution >= 4 is 54.5 Å². The zero-order chi connectivity index (χ0) is 27.6. The summed E-state index contributed by atoms with van der Waals surface area (Å²) in [4.78, 5) is 10.1. The topological polar surface area (TPSA) is 35.6 Å². The first-order valence-corrected chi connectivity index (χ1v) is 14.2. The summed E-state index contributed by atoms with van der Waals surface area (Å²) in [5.74, 6) is 0.931. The number of fused-ring (bicyclic) bond motifs is 9. The van der Waals surface area contributed by atoms with Crippen LogP contribution in [0.4, 0.5) is 0 Å². The van der Waals surface area contributed by atoms with E-state index >= 15 is 0 Å². The van der Waals surface area contributed by atoms with Gasteiger partial charge in [-0.25, -0.2) is 4.98 Å². The van der Waals surface area contributed by atoms with Crippen molar-refractivity contribution in [3.8, 4) is 22.8 Å². The van der Waals surface area contributed by atoms with Gasteiger partial charge in [-0.15, -0.1) is 0 Å². The largest absolute Gasteiger partial charge is 0.308 e. The van der Waals surface area contributed by atoms with Gasteiger partial charge in [-0.3, -0.25) is 9.55 Å². The average Bonchev–Trinajstić information content (AvgIpc) is 3.63. The van der Waals surface area contributed by atoms with E-state index in [1.165, 1.54) is 16.2 Å². The third-order valence-corrected chi connectivity index (χ3v) is 8.36. The van der Waals surface area contributed by atoms with Crippen LogP contribution in [-0.2, 0) is 0 Å². The molecule has 0 saturated carbocycles. The minimum absolute atomic E-state index is 0.931. The highest BCUT2D eigenvalue weighted by molar-refractivity contribution is 6.24. The van der Waals surface area contributed by atoms with Crippen molar-refractivity contribution < 1.29 is 0 Å². The van der Waals surface area contributed by atoms with Crippen molar-refractivity contribution in [1.29, 1.82) is 0 Å². The van der Waals surface area contributed by atoms with Gasteiger partial charge >= 0.3 is 0 Å². The molecule has 6 aromatic carbocycles. The molecule has 3 heterocycles. The minimum Gasteiger partial charge on any atom is -0.308 e. The molecular formula is C38H24N4. The third-order valence-electron chi connectivity index (χ3n) is 8.36. The van der Waals surface area contributed by atoms with E-state index in [-0.39, 0.29) is 0 Å². The molecule has 3 aromatic heterocycles. The van der Waals surface area contributed by atoms with Crippen LogP contribution in [0.25, 0.3) is 77.3 Å². The van der Waals surface area contributed by atoms with Crippen LogP contribution in [0.5, 0.6) is 0 Å². The molecule has 0 unspecified atom stereocenters. The van der Waals surface area contributed by atoms with E-state index in [1.807, 2.05) is 12.3 Å². The van der Waals surface area contributed by atoms with Crippen molar-refractivity contribution in [3.63, 3.8) is 0 Å². The number of benzene rings is 6. The van der Waals surface area contributed by atoms with Crippen molar-refractivity contribution in [2.24, 2.45) is 0 Å². The fraction of sp³-hybridized carbons (Fsp3) is 0. The molecule has 0 amide bonds. The fourth-order valence-electron chi connectivity index (χ4n) is 6.55. The van der Waals surface area contributed by atoms with E-state index in [1.54, 1.807) is 0 Å². The molecule has 0 fully saturated rings. The molecule has 196 valence electrons. The SMILES string of the molecule is c1ccc(-c2nc3c4ccccc4c4ccccc4c3n2-c2ccc(-n3c4ccccc4c4ncccc43)cc2)cc1. The lowest BCUT2D eigenvalue weighted by molar-refractivity contribution is 1.10. The number of hydrogen-bond acceptors (Lipinski definition) is 2. The second-order valence-corrected chi connectivity index (χ2v) is 10.7. The minimum atomic E-state index is 0.931. The van der Waals surface area contributed by atoms with Gasteiger partial charge < -0.3 is 4.57 Å². The number of pyridine rings is 1. The Morgan fingerprint density at radius 2 is 0.976 bits per heavy atom. The maximum absolute atomic E-state index is 5.34. The first-order valence-electron chi connectivity index (χ1n) is 14.2. The summed E-state index contributed by atoms with van der Waals surface area (Å²) < 4.78 is 4.63. The quantitative estimate of drug-likeness (QED) is 0.211. The van der Waals surface area contributed by atoms with E-state index in [9.17, 15) is 0 Å². The highest BCUT2D eigenvalue weighted by Gasteiger charge is 2.20. The summed E-state index contributed by atoms with van der Waals surface area (Å²) in [7, 11) is 0.